The van der Waals surface area contributed by atoms with E-state index in [4.69, 9.17) is 5.26 Å². The molecule has 1 saturated heterocycles. The van der Waals surface area contributed by atoms with Crippen molar-refractivity contribution in [3.05, 3.63) is 101 Å². The van der Waals surface area contributed by atoms with Crippen LogP contribution in [0.2, 0.25) is 0 Å². The standard InChI is InChI=1S/C28H24N4O2/c1-20-6-5-9-24(18-20)30-14-16-31(17-15-30)26-25(22-7-3-2-4-8-22)27(33)32(28(26)34)23-12-10-21(19-29)11-13-23/h2-13,18H,14-17H2,1H3. The van der Waals surface area contributed by atoms with Crippen LogP contribution in [0.1, 0.15) is 16.7 Å². The Hall–Kier alpha value is -4.37. The Morgan fingerprint density at radius 2 is 1.41 bits per heavy atom. The highest BCUT2D eigenvalue weighted by Crippen LogP contribution is 2.35. The van der Waals surface area contributed by atoms with Crippen molar-refractivity contribution in [3.8, 4) is 6.07 Å². The second-order valence-corrected chi connectivity index (χ2v) is 8.51. The maximum absolute atomic E-state index is 13.7. The summed E-state index contributed by atoms with van der Waals surface area (Å²) in [5, 5.41) is 9.10. The van der Waals surface area contributed by atoms with E-state index in [9.17, 15) is 9.59 Å². The number of anilines is 2. The summed E-state index contributed by atoms with van der Waals surface area (Å²) in [6.45, 7) is 4.87. The predicted molar refractivity (Wildman–Crippen MR) is 132 cm³/mol. The number of nitrogens with zero attached hydrogens (tertiary/aromatic N) is 4. The first-order chi connectivity index (χ1) is 16.6. The van der Waals surface area contributed by atoms with Gasteiger partial charge in [0.1, 0.15) is 5.70 Å². The van der Waals surface area contributed by atoms with Gasteiger partial charge in [-0.25, -0.2) is 4.90 Å². The molecule has 6 nitrogen and oxygen atoms in total. The zero-order chi connectivity index (χ0) is 23.7. The van der Waals surface area contributed by atoms with E-state index in [1.807, 2.05) is 35.2 Å². The zero-order valence-electron chi connectivity index (χ0n) is 18.9. The Labute approximate surface area is 198 Å². The Kier molecular flexibility index (Phi) is 5.60. The van der Waals surface area contributed by atoms with Crippen molar-refractivity contribution in [2.24, 2.45) is 0 Å². The number of nitriles is 1. The molecule has 2 aliphatic heterocycles. The van der Waals surface area contributed by atoms with E-state index < -0.39 is 0 Å². The number of imide groups is 1. The van der Waals surface area contributed by atoms with Crippen LogP contribution in [-0.4, -0.2) is 42.9 Å². The maximum Gasteiger partial charge on any atom is 0.282 e. The second kappa shape index (κ2) is 8.87. The molecular weight excluding hydrogens is 424 g/mol. The Balaban J connectivity index is 1.47. The third kappa shape index (κ3) is 3.82. The molecule has 0 bridgehead atoms. The largest absolute Gasteiger partial charge is 0.368 e. The van der Waals surface area contributed by atoms with E-state index >= 15 is 0 Å². The highest BCUT2D eigenvalue weighted by atomic mass is 16.2. The SMILES string of the molecule is Cc1cccc(N2CCN(C3=C(c4ccccc4)C(=O)N(c4ccc(C#N)cc4)C3=O)CC2)c1. The molecule has 5 rings (SSSR count). The van der Waals surface area contributed by atoms with Crippen molar-refractivity contribution in [1.29, 1.82) is 5.26 Å². The minimum absolute atomic E-state index is 0.322. The van der Waals surface area contributed by atoms with Gasteiger partial charge in [0.05, 0.1) is 22.9 Å². The highest BCUT2D eigenvalue weighted by Gasteiger charge is 2.43. The third-order valence-electron chi connectivity index (χ3n) is 6.34. The van der Waals surface area contributed by atoms with Gasteiger partial charge in [-0.2, -0.15) is 5.26 Å². The lowest BCUT2D eigenvalue weighted by molar-refractivity contribution is -0.120. The van der Waals surface area contributed by atoms with Crippen LogP contribution < -0.4 is 9.80 Å². The summed E-state index contributed by atoms with van der Waals surface area (Å²) in [6, 6.07) is 26.4. The molecule has 0 aromatic heterocycles. The van der Waals surface area contributed by atoms with Crippen molar-refractivity contribution >= 4 is 28.8 Å². The van der Waals surface area contributed by atoms with Crippen LogP contribution in [0.3, 0.4) is 0 Å². The van der Waals surface area contributed by atoms with E-state index in [0.717, 1.165) is 18.7 Å². The molecule has 0 spiro atoms. The summed E-state index contributed by atoms with van der Waals surface area (Å²) in [5.41, 5.74) is 4.94. The van der Waals surface area contributed by atoms with Gasteiger partial charge in [0.25, 0.3) is 11.8 Å². The summed E-state index contributed by atoms with van der Waals surface area (Å²) in [7, 11) is 0. The zero-order valence-corrected chi connectivity index (χ0v) is 18.9. The quantitative estimate of drug-likeness (QED) is 0.565. The van der Waals surface area contributed by atoms with Crippen molar-refractivity contribution in [2.75, 3.05) is 36.0 Å². The average Bonchev–Trinajstić information content (AvgIpc) is 3.14. The highest BCUT2D eigenvalue weighted by molar-refractivity contribution is 6.45. The number of hydrogen-bond acceptors (Lipinski definition) is 5. The molecule has 3 aromatic carbocycles. The number of rotatable bonds is 4. The number of aryl methyl sites for hydroxylation is 1. The number of amides is 2. The predicted octanol–water partition coefficient (Wildman–Crippen LogP) is 3.97. The lowest BCUT2D eigenvalue weighted by Gasteiger charge is -2.37. The number of piperazine rings is 1. The lowest BCUT2D eigenvalue weighted by atomic mass is 10.0. The molecule has 0 N–H and O–H groups in total. The number of carbonyl (C=O) groups excluding carboxylic acids is 2. The van der Waals surface area contributed by atoms with Gasteiger partial charge < -0.3 is 9.80 Å². The van der Waals surface area contributed by atoms with Crippen LogP contribution in [0.4, 0.5) is 11.4 Å². The fraction of sp³-hybridized carbons (Fsp3) is 0.179. The summed E-state index contributed by atoms with van der Waals surface area (Å²) in [5.74, 6) is -0.658. The third-order valence-corrected chi connectivity index (χ3v) is 6.34. The molecule has 2 amide bonds. The molecule has 1 fully saturated rings. The second-order valence-electron chi connectivity index (χ2n) is 8.51. The summed E-state index contributed by atoms with van der Waals surface area (Å²) < 4.78 is 0. The van der Waals surface area contributed by atoms with E-state index in [1.165, 1.54) is 16.2 Å². The van der Waals surface area contributed by atoms with Crippen molar-refractivity contribution < 1.29 is 9.59 Å². The number of carbonyl (C=O) groups is 2. The molecule has 0 radical (unpaired) electrons. The van der Waals surface area contributed by atoms with E-state index in [-0.39, 0.29) is 11.8 Å². The average molecular weight is 449 g/mol. The van der Waals surface area contributed by atoms with E-state index in [1.54, 1.807) is 24.3 Å². The van der Waals surface area contributed by atoms with E-state index in [2.05, 4.69) is 42.2 Å². The molecule has 34 heavy (non-hydrogen) atoms. The first-order valence-electron chi connectivity index (χ1n) is 11.3. The van der Waals surface area contributed by atoms with Gasteiger partial charge in [0, 0.05) is 31.9 Å². The Bertz CT molecular complexity index is 1310. The van der Waals surface area contributed by atoms with Gasteiger partial charge in [0.15, 0.2) is 0 Å². The molecule has 168 valence electrons. The topological polar surface area (TPSA) is 67.7 Å². The number of hydrogen-bond donors (Lipinski definition) is 0. The fourth-order valence-corrected chi connectivity index (χ4v) is 4.61. The molecule has 0 aliphatic carbocycles. The lowest BCUT2D eigenvalue weighted by Crippen LogP contribution is -2.47. The van der Waals surface area contributed by atoms with Crippen LogP contribution in [0.25, 0.3) is 5.57 Å². The maximum atomic E-state index is 13.7. The van der Waals surface area contributed by atoms with Crippen molar-refractivity contribution in [3.63, 3.8) is 0 Å². The molecule has 0 saturated carbocycles. The minimum Gasteiger partial charge on any atom is -0.368 e. The Morgan fingerprint density at radius 1 is 0.735 bits per heavy atom. The minimum atomic E-state index is -0.336. The monoisotopic (exact) mass is 448 g/mol. The van der Waals surface area contributed by atoms with Gasteiger partial charge in [-0.3, -0.25) is 9.59 Å². The molecule has 3 aromatic rings. The van der Waals surface area contributed by atoms with Gasteiger partial charge in [-0.15, -0.1) is 0 Å². The Morgan fingerprint density at radius 3 is 2.06 bits per heavy atom. The molecule has 2 heterocycles. The van der Waals surface area contributed by atoms with Gasteiger partial charge in [-0.1, -0.05) is 42.5 Å². The van der Waals surface area contributed by atoms with Gasteiger partial charge in [-0.05, 0) is 54.4 Å². The normalized spacial score (nSPS) is 16.3. The fourth-order valence-electron chi connectivity index (χ4n) is 4.61. The molecular formula is C28H24N4O2. The van der Waals surface area contributed by atoms with Crippen molar-refractivity contribution in [2.45, 2.75) is 6.92 Å². The summed E-state index contributed by atoms with van der Waals surface area (Å²) >= 11 is 0. The van der Waals surface area contributed by atoms with Crippen LogP contribution in [-0.2, 0) is 9.59 Å². The molecule has 2 aliphatic rings. The summed E-state index contributed by atoms with van der Waals surface area (Å²) in [6.07, 6.45) is 0. The van der Waals surface area contributed by atoms with Crippen LogP contribution in [0, 0.1) is 18.3 Å². The van der Waals surface area contributed by atoms with Gasteiger partial charge >= 0.3 is 0 Å². The summed E-state index contributed by atoms with van der Waals surface area (Å²) in [4.78, 5) is 32.8. The smallest absolute Gasteiger partial charge is 0.282 e. The van der Waals surface area contributed by atoms with Gasteiger partial charge in [0.2, 0.25) is 0 Å². The van der Waals surface area contributed by atoms with E-state index in [0.29, 0.717) is 35.6 Å². The van der Waals surface area contributed by atoms with Crippen LogP contribution in [0.5, 0.6) is 0 Å². The van der Waals surface area contributed by atoms with Crippen LogP contribution >= 0.6 is 0 Å². The molecule has 0 atom stereocenters. The first kappa shape index (κ1) is 21.5. The van der Waals surface area contributed by atoms with Crippen LogP contribution in [0.15, 0.2) is 84.6 Å². The first-order valence-corrected chi connectivity index (χ1v) is 11.3. The molecule has 6 heteroatoms. The number of benzene rings is 3. The van der Waals surface area contributed by atoms with Crippen molar-refractivity contribution in [1.82, 2.24) is 4.90 Å². The molecule has 0 unspecified atom stereocenters.